The number of carbonyl (C=O) groups is 1. The highest BCUT2D eigenvalue weighted by atomic mass is 79.9. The standard InChI is InChI=1S/C12H12BrF2NO3/c1-18-8-4-6(13)5-9(19-12(14)15)10(8)11(17)16-7-2-3-7/h4-5,7,12H,2-3H2,1H3,(H,16,17)/i1D3,2D2,3D2,7D. The van der Waals surface area contributed by atoms with Gasteiger partial charge in [-0.15, -0.1) is 0 Å². The summed E-state index contributed by atoms with van der Waals surface area (Å²) in [6.45, 7) is -3.39. The predicted octanol–water partition coefficient (Wildman–Crippen LogP) is 2.95. The van der Waals surface area contributed by atoms with Crippen molar-refractivity contribution in [3.63, 3.8) is 0 Å². The molecular weight excluding hydrogens is 324 g/mol. The molecule has 0 radical (unpaired) electrons. The number of ether oxygens (including phenoxy) is 2. The Morgan fingerprint density at radius 1 is 1.63 bits per heavy atom. The topological polar surface area (TPSA) is 47.6 Å². The number of hydrogen-bond acceptors (Lipinski definition) is 3. The van der Waals surface area contributed by atoms with E-state index in [1.807, 2.05) is 0 Å². The highest BCUT2D eigenvalue weighted by Crippen LogP contribution is 2.34. The number of hydrogen-bond donors (Lipinski definition) is 1. The molecule has 1 aliphatic carbocycles. The first-order valence-electron chi connectivity index (χ1n) is 8.83. The maximum atomic E-state index is 12.7. The molecule has 0 unspecified atom stereocenters. The van der Waals surface area contributed by atoms with Crippen molar-refractivity contribution in [2.75, 3.05) is 7.04 Å². The zero-order valence-electron chi connectivity index (χ0n) is 17.1. The van der Waals surface area contributed by atoms with Gasteiger partial charge in [0.05, 0.1) is 12.5 Å². The summed E-state index contributed by atoms with van der Waals surface area (Å²) in [5, 5.41) is 1.76. The molecule has 0 bridgehead atoms. The molecule has 0 aliphatic heterocycles. The van der Waals surface area contributed by atoms with Gasteiger partial charge >= 0.3 is 6.61 Å². The Hall–Kier alpha value is -1.37. The lowest BCUT2D eigenvalue weighted by Crippen LogP contribution is -2.26. The largest absolute Gasteiger partial charge is 0.496 e. The third-order valence-corrected chi connectivity index (χ3v) is 2.53. The Bertz CT molecular complexity index is 760. The Labute approximate surface area is 128 Å². The van der Waals surface area contributed by atoms with Crippen molar-refractivity contribution in [1.82, 2.24) is 5.32 Å². The average Bonchev–Trinajstić information content (AvgIpc) is 2.71. The average molecular weight is 344 g/mol. The van der Waals surface area contributed by atoms with Crippen LogP contribution in [0.4, 0.5) is 8.78 Å². The van der Waals surface area contributed by atoms with Gasteiger partial charge in [-0.1, -0.05) is 15.9 Å². The summed E-state index contributed by atoms with van der Waals surface area (Å²) in [5.41, 5.74) is -0.847. The number of methoxy groups -OCH3 is 1. The van der Waals surface area contributed by atoms with Gasteiger partial charge in [0.15, 0.2) is 0 Å². The van der Waals surface area contributed by atoms with Gasteiger partial charge in [-0.3, -0.25) is 4.79 Å². The summed E-state index contributed by atoms with van der Waals surface area (Å²) in [6.07, 6.45) is -5.53. The Morgan fingerprint density at radius 3 is 2.89 bits per heavy atom. The molecule has 7 heteroatoms. The van der Waals surface area contributed by atoms with Crippen LogP contribution >= 0.6 is 15.9 Å². The summed E-state index contributed by atoms with van der Waals surface area (Å²) in [4.78, 5) is 12.5. The van der Waals surface area contributed by atoms with E-state index in [0.29, 0.717) is 0 Å². The molecule has 1 amide bonds. The van der Waals surface area contributed by atoms with E-state index >= 15 is 0 Å². The van der Waals surface area contributed by atoms with E-state index in [1.165, 1.54) is 0 Å². The third kappa shape index (κ3) is 3.56. The van der Waals surface area contributed by atoms with E-state index in [2.05, 4.69) is 25.4 Å². The lowest BCUT2D eigenvalue weighted by molar-refractivity contribution is -0.0503. The molecular formula is C12H12BrF2NO3. The number of nitrogens with one attached hydrogen (secondary N) is 1. The molecule has 1 aromatic carbocycles. The SMILES string of the molecule is [2H]C([2H])([2H])Oc1cc(Br)cc(OC(F)F)c1C(=O)NC1([2H])C([2H])([2H])C1([2H])[2H]. The quantitative estimate of drug-likeness (QED) is 0.894. The lowest BCUT2D eigenvalue weighted by Gasteiger charge is -2.14. The Balaban J connectivity index is 2.51. The van der Waals surface area contributed by atoms with Crippen molar-refractivity contribution in [2.24, 2.45) is 0 Å². The maximum absolute atomic E-state index is 12.7. The maximum Gasteiger partial charge on any atom is 0.387 e. The van der Waals surface area contributed by atoms with Gasteiger partial charge in [-0.2, -0.15) is 8.78 Å². The zero-order valence-corrected chi connectivity index (χ0v) is 10.7. The first-order chi connectivity index (χ1) is 12.0. The first kappa shape index (κ1) is 6.88. The van der Waals surface area contributed by atoms with E-state index < -0.39 is 55.4 Å². The molecule has 4 nitrogen and oxygen atoms in total. The molecule has 0 aromatic heterocycles. The second kappa shape index (κ2) is 5.73. The molecule has 1 N–H and O–H groups in total. The second-order valence-corrected chi connectivity index (χ2v) is 4.25. The fraction of sp³-hybridized carbons (Fsp3) is 0.417. The van der Waals surface area contributed by atoms with Gasteiger partial charge in [-0.05, 0) is 24.9 Å². The van der Waals surface area contributed by atoms with Crippen molar-refractivity contribution < 1.29 is 34.0 Å². The Morgan fingerprint density at radius 2 is 2.32 bits per heavy atom. The minimum absolute atomic E-state index is 0.0339. The molecule has 1 fully saturated rings. The predicted molar refractivity (Wildman–Crippen MR) is 67.8 cm³/mol. The van der Waals surface area contributed by atoms with Gasteiger partial charge in [0.1, 0.15) is 17.1 Å². The van der Waals surface area contributed by atoms with Crippen LogP contribution in [0.3, 0.4) is 0 Å². The van der Waals surface area contributed by atoms with Crippen LogP contribution < -0.4 is 14.8 Å². The van der Waals surface area contributed by atoms with Crippen molar-refractivity contribution in [3.8, 4) is 11.5 Å². The third-order valence-electron chi connectivity index (χ3n) is 2.07. The van der Waals surface area contributed by atoms with Crippen molar-refractivity contribution in [1.29, 1.82) is 0 Å². The van der Waals surface area contributed by atoms with Crippen LogP contribution in [-0.2, 0) is 0 Å². The number of amides is 1. The van der Waals surface area contributed by atoms with Crippen LogP contribution in [0.2, 0.25) is 0 Å². The molecule has 104 valence electrons. The minimum atomic E-state index is -3.39. The summed E-state index contributed by atoms with van der Waals surface area (Å²) >= 11 is 2.93. The number of rotatable bonds is 5. The summed E-state index contributed by atoms with van der Waals surface area (Å²) in [5.74, 6) is -2.93. The van der Waals surface area contributed by atoms with E-state index in [-0.39, 0.29) is 4.47 Å². The van der Waals surface area contributed by atoms with Gasteiger partial charge in [0.25, 0.3) is 5.91 Å². The van der Waals surface area contributed by atoms with Crippen LogP contribution in [0, 0.1) is 0 Å². The fourth-order valence-electron chi connectivity index (χ4n) is 1.32. The summed E-state index contributed by atoms with van der Waals surface area (Å²) in [7, 11) is -3.07. The molecule has 0 atom stereocenters. The number of halogens is 3. The van der Waals surface area contributed by atoms with Crippen LogP contribution in [0.1, 0.15) is 34.1 Å². The van der Waals surface area contributed by atoms with Crippen molar-refractivity contribution >= 4 is 21.8 Å². The van der Waals surface area contributed by atoms with Gasteiger partial charge in [0.2, 0.25) is 0 Å². The van der Waals surface area contributed by atoms with Crippen LogP contribution in [0.5, 0.6) is 11.5 Å². The van der Waals surface area contributed by atoms with Gasteiger partial charge < -0.3 is 14.8 Å². The van der Waals surface area contributed by atoms with Crippen molar-refractivity contribution in [3.05, 3.63) is 22.2 Å². The number of benzene rings is 1. The van der Waals surface area contributed by atoms with Crippen LogP contribution in [-0.4, -0.2) is 25.6 Å². The lowest BCUT2D eigenvalue weighted by atomic mass is 10.1. The molecule has 0 heterocycles. The normalized spacial score (nSPS) is 28.2. The molecule has 2 rings (SSSR count). The molecule has 1 aromatic rings. The monoisotopic (exact) mass is 343 g/mol. The van der Waals surface area contributed by atoms with E-state index in [4.69, 9.17) is 11.0 Å². The smallest absolute Gasteiger partial charge is 0.387 e. The van der Waals surface area contributed by atoms with E-state index in [1.54, 1.807) is 5.32 Å². The number of alkyl halides is 2. The number of carbonyl (C=O) groups excluding carboxylic acids is 1. The van der Waals surface area contributed by atoms with E-state index in [0.717, 1.165) is 12.1 Å². The fourth-order valence-corrected chi connectivity index (χ4v) is 1.74. The summed E-state index contributed by atoms with van der Waals surface area (Å²) < 4.78 is 93.3. The molecule has 1 saturated carbocycles. The van der Waals surface area contributed by atoms with Crippen LogP contribution in [0.15, 0.2) is 16.6 Å². The van der Waals surface area contributed by atoms with Gasteiger partial charge in [-0.25, -0.2) is 0 Å². The highest BCUT2D eigenvalue weighted by Gasteiger charge is 2.28. The summed E-state index contributed by atoms with van der Waals surface area (Å²) in [6, 6.07) is -0.823. The second-order valence-electron chi connectivity index (χ2n) is 3.34. The van der Waals surface area contributed by atoms with Gasteiger partial charge in [0, 0.05) is 16.0 Å². The molecule has 1 aliphatic rings. The first-order valence-corrected chi connectivity index (χ1v) is 5.63. The van der Waals surface area contributed by atoms with Crippen molar-refractivity contribution in [2.45, 2.75) is 25.4 Å². The Kier molecular flexibility index (Phi) is 2.07. The van der Waals surface area contributed by atoms with Crippen LogP contribution in [0.25, 0.3) is 0 Å². The van der Waals surface area contributed by atoms with E-state index in [9.17, 15) is 13.6 Å². The zero-order chi connectivity index (χ0) is 21.0. The highest BCUT2D eigenvalue weighted by molar-refractivity contribution is 9.10. The molecule has 0 spiro atoms. The minimum Gasteiger partial charge on any atom is -0.496 e. The molecule has 0 saturated heterocycles. The molecule has 19 heavy (non-hydrogen) atoms.